The van der Waals surface area contributed by atoms with E-state index in [9.17, 15) is 13.2 Å². The second-order valence-electron chi connectivity index (χ2n) is 9.69. The molecule has 0 saturated heterocycles. The number of sulfonamides is 1. The Hall–Kier alpha value is -3.29. The van der Waals surface area contributed by atoms with Crippen LogP contribution in [0, 0.1) is 5.41 Å². The molecule has 7 heteroatoms. The van der Waals surface area contributed by atoms with E-state index in [1.807, 2.05) is 30.3 Å². The van der Waals surface area contributed by atoms with Gasteiger partial charge in [0.05, 0.1) is 27.5 Å². The van der Waals surface area contributed by atoms with Crippen molar-refractivity contribution >= 4 is 20.9 Å². The van der Waals surface area contributed by atoms with Crippen molar-refractivity contribution in [1.82, 2.24) is 14.3 Å². The Morgan fingerprint density at radius 1 is 0.912 bits per heavy atom. The Labute approximate surface area is 200 Å². The minimum atomic E-state index is -3.84. The predicted octanol–water partition coefficient (Wildman–Crippen LogP) is 5.01. The highest BCUT2D eigenvalue weighted by atomic mass is 32.2. The van der Waals surface area contributed by atoms with Crippen molar-refractivity contribution in [1.29, 1.82) is 0 Å². The van der Waals surface area contributed by atoms with Crippen LogP contribution in [0.4, 0.5) is 0 Å². The van der Waals surface area contributed by atoms with E-state index in [-0.39, 0.29) is 15.9 Å². The smallest absolute Gasteiger partial charge is 0.266 e. The molecule has 0 radical (unpaired) electrons. The largest absolute Gasteiger partial charge is 0.268 e. The zero-order valence-corrected chi connectivity index (χ0v) is 20.6. The molecule has 1 aromatic heterocycles. The molecule has 0 aliphatic rings. The van der Waals surface area contributed by atoms with Crippen LogP contribution in [-0.2, 0) is 16.4 Å². The number of benzene rings is 3. The second-order valence-corrected chi connectivity index (χ2v) is 11.4. The first-order chi connectivity index (χ1) is 16.0. The Kier molecular flexibility index (Phi) is 6.43. The minimum absolute atomic E-state index is 0.107. The third-order valence-corrected chi connectivity index (χ3v) is 7.06. The molecule has 4 rings (SSSR count). The summed E-state index contributed by atoms with van der Waals surface area (Å²) in [5.41, 5.74) is 2.08. The van der Waals surface area contributed by atoms with Crippen molar-refractivity contribution < 1.29 is 8.42 Å². The van der Waals surface area contributed by atoms with Crippen LogP contribution in [0.3, 0.4) is 0 Å². The standard InChI is InChI=1S/C27H29N3O3S/c1-19(29-34(32,33)22-16-14-20(15-17-22)18-27(2,3)4)25-28-24-13-9-8-12-23(24)26(31)30(25)21-10-6-5-7-11-21/h5-17,19,29H,18H2,1-4H3. The fourth-order valence-electron chi connectivity index (χ4n) is 4.02. The minimum Gasteiger partial charge on any atom is -0.268 e. The third-order valence-electron chi connectivity index (χ3n) is 5.50. The van der Waals surface area contributed by atoms with Gasteiger partial charge in [0, 0.05) is 0 Å². The summed E-state index contributed by atoms with van der Waals surface area (Å²) in [7, 11) is -3.84. The second kappa shape index (κ2) is 9.16. The summed E-state index contributed by atoms with van der Waals surface area (Å²) in [6, 6.07) is 22.4. The van der Waals surface area contributed by atoms with Crippen LogP contribution in [0.5, 0.6) is 0 Å². The maximum Gasteiger partial charge on any atom is 0.266 e. The average molecular weight is 476 g/mol. The zero-order valence-electron chi connectivity index (χ0n) is 19.8. The number of nitrogens with one attached hydrogen (secondary N) is 1. The van der Waals surface area contributed by atoms with Crippen LogP contribution in [-0.4, -0.2) is 18.0 Å². The first-order valence-electron chi connectivity index (χ1n) is 11.2. The van der Waals surface area contributed by atoms with Crippen LogP contribution in [0.2, 0.25) is 0 Å². The number of rotatable bonds is 6. The maximum absolute atomic E-state index is 13.4. The summed E-state index contributed by atoms with van der Waals surface area (Å²) in [5.74, 6) is 0.322. The van der Waals surface area contributed by atoms with Gasteiger partial charge in [-0.1, -0.05) is 63.2 Å². The van der Waals surface area contributed by atoms with E-state index < -0.39 is 16.1 Å². The summed E-state index contributed by atoms with van der Waals surface area (Å²) in [6.07, 6.45) is 0.849. The molecule has 0 saturated carbocycles. The van der Waals surface area contributed by atoms with Crippen molar-refractivity contribution in [3.8, 4) is 5.69 Å². The van der Waals surface area contributed by atoms with E-state index in [2.05, 4.69) is 30.5 Å². The molecule has 0 aliphatic carbocycles. The van der Waals surface area contributed by atoms with Gasteiger partial charge >= 0.3 is 0 Å². The first kappa shape index (κ1) is 23.9. The maximum atomic E-state index is 13.4. The molecule has 1 heterocycles. The quantitative estimate of drug-likeness (QED) is 0.425. The van der Waals surface area contributed by atoms with Crippen LogP contribution < -0.4 is 10.3 Å². The average Bonchev–Trinajstić information content (AvgIpc) is 2.78. The van der Waals surface area contributed by atoms with Crippen molar-refractivity contribution in [2.24, 2.45) is 5.41 Å². The number of para-hydroxylation sites is 2. The molecule has 0 amide bonds. The number of hydrogen-bond donors (Lipinski definition) is 1. The normalized spacial score (nSPS) is 13.2. The molecule has 1 atom stereocenters. The highest BCUT2D eigenvalue weighted by Gasteiger charge is 2.24. The molecule has 4 aromatic rings. The Morgan fingerprint density at radius 3 is 2.18 bits per heavy atom. The SMILES string of the molecule is CC(NS(=O)(=O)c1ccc(CC(C)(C)C)cc1)c1nc2ccccc2c(=O)n1-c1ccccc1. The monoisotopic (exact) mass is 475 g/mol. The Morgan fingerprint density at radius 2 is 1.53 bits per heavy atom. The lowest BCUT2D eigenvalue weighted by molar-refractivity contribution is 0.411. The van der Waals surface area contributed by atoms with Crippen LogP contribution >= 0.6 is 0 Å². The fraction of sp³-hybridized carbons (Fsp3) is 0.259. The van der Waals surface area contributed by atoms with E-state index in [1.54, 1.807) is 55.5 Å². The van der Waals surface area contributed by atoms with Gasteiger partial charge in [0.2, 0.25) is 10.0 Å². The molecule has 6 nitrogen and oxygen atoms in total. The van der Waals surface area contributed by atoms with Crippen molar-refractivity contribution in [2.45, 2.75) is 45.1 Å². The highest BCUT2D eigenvalue weighted by Crippen LogP contribution is 2.23. The predicted molar refractivity (Wildman–Crippen MR) is 136 cm³/mol. The van der Waals surface area contributed by atoms with Gasteiger partial charge in [-0.05, 0) is 60.7 Å². The van der Waals surface area contributed by atoms with Crippen molar-refractivity contribution in [3.63, 3.8) is 0 Å². The van der Waals surface area contributed by atoms with Gasteiger partial charge in [0.1, 0.15) is 5.82 Å². The van der Waals surface area contributed by atoms with Crippen LogP contribution in [0.1, 0.15) is 45.1 Å². The number of nitrogens with zero attached hydrogens (tertiary/aromatic N) is 2. The lowest BCUT2D eigenvalue weighted by atomic mass is 9.88. The van der Waals surface area contributed by atoms with Gasteiger partial charge in [0.25, 0.3) is 5.56 Å². The zero-order chi connectivity index (χ0) is 24.5. The van der Waals surface area contributed by atoms with E-state index in [1.165, 1.54) is 4.57 Å². The summed E-state index contributed by atoms with van der Waals surface area (Å²) >= 11 is 0. The molecule has 176 valence electrons. The van der Waals surface area contributed by atoms with E-state index >= 15 is 0 Å². The molecule has 0 spiro atoms. The molecule has 34 heavy (non-hydrogen) atoms. The Balaban J connectivity index is 1.73. The van der Waals surface area contributed by atoms with E-state index in [0.29, 0.717) is 22.4 Å². The lowest BCUT2D eigenvalue weighted by Crippen LogP contribution is -2.33. The van der Waals surface area contributed by atoms with Crippen LogP contribution in [0.25, 0.3) is 16.6 Å². The van der Waals surface area contributed by atoms with Gasteiger partial charge < -0.3 is 0 Å². The number of fused-ring (bicyclic) bond motifs is 1. The van der Waals surface area contributed by atoms with Gasteiger partial charge in [-0.3, -0.25) is 9.36 Å². The summed E-state index contributed by atoms with van der Waals surface area (Å²) in [6.45, 7) is 8.12. The highest BCUT2D eigenvalue weighted by molar-refractivity contribution is 7.89. The molecule has 0 bridgehead atoms. The van der Waals surface area contributed by atoms with Crippen LogP contribution in [0.15, 0.2) is 88.6 Å². The number of aromatic nitrogens is 2. The fourth-order valence-corrected chi connectivity index (χ4v) is 5.22. The molecule has 0 fully saturated rings. The molecule has 3 aromatic carbocycles. The lowest BCUT2D eigenvalue weighted by Gasteiger charge is -2.20. The van der Waals surface area contributed by atoms with Gasteiger partial charge in [-0.15, -0.1) is 0 Å². The van der Waals surface area contributed by atoms with Gasteiger partial charge in [-0.2, -0.15) is 0 Å². The van der Waals surface area contributed by atoms with Gasteiger partial charge in [0.15, 0.2) is 0 Å². The van der Waals surface area contributed by atoms with Gasteiger partial charge in [-0.25, -0.2) is 18.1 Å². The molecule has 0 aliphatic heterocycles. The first-order valence-corrected chi connectivity index (χ1v) is 12.7. The molecular formula is C27H29N3O3S. The van der Waals surface area contributed by atoms with E-state index in [4.69, 9.17) is 0 Å². The summed E-state index contributed by atoms with van der Waals surface area (Å²) < 4.78 is 30.5. The molecule has 1 N–H and O–H groups in total. The number of hydrogen-bond acceptors (Lipinski definition) is 4. The molecule has 1 unspecified atom stereocenters. The Bertz CT molecular complexity index is 1470. The van der Waals surface area contributed by atoms with Crippen molar-refractivity contribution in [2.75, 3.05) is 0 Å². The van der Waals surface area contributed by atoms with E-state index in [0.717, 1.165) is 12.0 Å². The van der Waals surface area contributed by atoms with Crippen molar-refractivity contribution in [3.05, 3.63) is 101 Å². The molecular weight excluding hydrogens is 446 g/mol. The summed E-state index contributed by atoms with van der Waals surface area (Å²) in [4.78, 5) is 18.2. The third kappa shape index (κ3) is 5.11. The summed E-state index contributed by atoms with van der Waals surface area (Å²) in [5, 5.41) is 0.472. The topological polar surface area (TPSA) is 81.1 Å².